The van der Waals surface area contributed by atoms with Crippen molar-refractivity contribution in [2.75, 3.05) is 11.5 Å². The molecule has 0 fully saturated rings. The first kappa shape index (κ1) is 25.3. The number of carboxylic acids is 1. The summed E-state index contributed by atoms with van der Waals surface area (Å²) >= 11 is 1.17. The summed E-state index contributed by atoms with van der Waals surface area (Å²) in [5, 5.41) is 13.0. The van der Waals surface area contributed by atoms with Crippen LogP contribution in [0.1, 0.15) is 55.2 Å². The van der Waals surface area contributed by atoms with Gasteiger partial charge in [-0.2, -0.15) is 24.5 Å². The molecule has 0 spiro atoms. The van der Waals surface area contributed by atoms with Crippen LogP contribution in [0.5, 0.6) is 0 Å². The first-order valence-electron chi connectivity index (χ1n) is 11.2. The van der Waals surface area contributed by atoms with Crippen molar-refractivity contribution < 1.29 is 46.6 Å². The number of fused-ring (bicyclic) bond motifs is 2. The molecule has 1 aliphatic rings. The number of imide groups is 1. The molecule has 1 N–H and O–H groups in total. The number of hydrogen-bond donors (Lipinski definition) is 1. The molecule has 196 valence electrons. The van der Waals surface area contributed by atoms with Crippen LogP contribution in [0.2, 0.25) is 0 Å². The second-order valence-corrected chi connectivity index (χ2v) is 9.07. The van der Waals surface area contributed by atoms with Gasteiger partial charge in [-0.15, -0.1) is 0 Å². The van der Waals surface area contributed by atoms with E-state index in [-0.39, 0.29) is 47.6 Å². The van der Waals surface area contributed by atoms with E-state index in [2.05, 4.69) is 0 Å². The monoisotopic (exact) mass is 546 g/mol. The molecule has 0 radical (unpaired) electrons. The van der Waals surface area contributed by atoms with Gasteiger partial charge in [0.1, 0.15) is 5.76 Å². The van der Waals surface area contributed by atoms with Crippen LogP contribution in [0.4, 0.5) is 18.9 Å². The first-order chi connectivity index (χ1) is 18.0. The number of rotatable bonds is 6. The lowest BCUT2D eigenvalue weighted by atomic mass is 10.0. The van der Waals surface area contributed by atoms with Gasteiger partial charge < -0.3 is 18.8 Å². The van der Waals surface area contributed by atoms with Crippen LogP contribution >= 0.6 is 11.3 Å². The van der Waals surface area contributed by atoms with E-state index in [0.717, 1.165) is 16.7 Å². The van der Waals surface area contributed by atoms with Crippen LogP contribution in [0.25, 0.3) is 10.9 Å². The number of carbonyl (C=O) groups is 4. The summed E-state index contributed by atoms with van der Waals surface area (Å²) in [6.45, 7) is 1.36. The minimum atomic E-state index is -4.77. The zero-order chi connectivity index (χ0) is 27.4. The molecule has 3 aromatic heterocycles. The Balaban J connectivity index is 1.73. The number of benzene rings is 1. The van der Waals surface area contributed by atoms with Crippen molar-refractivity contribution in [3.05, 3.63) is 75.0 Å². The molecule has 0 saturated heterocycles. The second-order valence-electron chi connectivity index (χ2n) is 8.33. The highest BCUT2D eigenvalue weighted by Crippen LogP contribution is 2.41. The van der Waals surface area contributed by atoms with E-state index in [4.69, 9.17) is 9.15 Å². The third-order valence-electron chi connectivity index (χ3n) is 6.01. The molecule has 1 aliphatic heterocycles. The van der Waals surface area contributed by atoms with Crippen molar-refractivity contribution >= 4 is 51.7 Å². The lowest BCUT2D eigenvalue weighted by Crippen LogP contribution is -2.42. The van der Waals surface area contributed by atoms with Gasteiger partial charge in [-0.1, -0.05) is 0 Å². The molecule has 4 aromatic rings. The summed E-state index contributed by atoms with van der Waals surface area (Å²) in [5.41, 5.74) is -1.51. The zero-order valence-corrected chi connectivity index (χ0v) is 20.3. The molecule has 1 aromatic carbocycles. The fourth-order valence-corrected chi connectivity index (χ4v) is 5.23. The summed E-state index contributed by atoms with van der Waals surface area (Å²) in [6, 6.07) is 5.26. The van der Waals surface area contributed by atoms with Crippen molar-refractivity contribution in [2.45, 2.75) is 26.1 Å². The van der Waals surface area contributed by atoms with Crippen molar-refractivity contribution in [3.63, 3.8) is 0 Å². The van der Waals surface area contributed by atoms with Crippen molar-refractivity contribution in [1.29, 1.82) is 0 Å². The van der Waals surface area contributed by atoms with Crippen LogP contribution < -0.4 is 4.90 Å². The zero-order valence-electron chi connectivity index (χ0n) is 19.5. The summed E-state index contributed by atoms with van der Waals surface area (Å²) in [5.74, 6) is -4.00. The van der Waals surface area contributed by atoms with Crippen LogP contribution in [-0.4, -0.2) is 40.0 Å². The Hall–Kier alpha value is -4.39. The van der Waals surface area contributed by atoms with E-state index in [1.54, 1.807) is 12.3 Å². The van der Waals surface area contributed by atoms with Gasteiger partial charge in [0.2, 0.25) is 11.7 Å². The predicted molar refractivity (Wildman–Crippen MR) is 128 cm³/mol. The molecule has 9 nitrogen and oxygen atoms in total. The molecule has 38 heavy (non-hydrogen) atoms. The van der Waals surface area contributed by atoms with E-state index < -0.39 is 46.9 Å². The number of carboxylic acid groups (broad SMARTS) is 1. The fraction of sp³-hybridized carbons (Fsp3) is 0.200. The molecular weight excluding hydrogens is 529 g/mol. The topological polar surface area (TPSA) is 119 Å². The Labute approximate surface area is 215 Å². The van der Waals surface area contributed by atoms with E-state index in [1.165, 1.54) is 28.8 Å². The molecule has 0 bridgehead atoms. The largest absolute Gasteiger partial charge is 0.477 e. The highest BCUT2D eigenvalue weighted by molar-refractivity contribution is 7.08. The number of esters is 1. The SMILES string of the molecule is CCOC(=O)c1ccc(Cn2c(C(=O)O)c(N3C(=O)Cc4cscc4C3=O)c3cc(C(F)(F)F)ccc32)o1. The predicted octanol–water partition coefficient (Wildman–Crippen LogP) is 4.97. The number of thiophene rings is 1. The van der Waals surface area contributed by atoms with Gasteiger partial charge in [-0.3, -0.25) is 9.59 Å². The minimum absolute atomic E-state index is 0.0104. The van der Waals surface area contributed by atoms with Crippen LogP contribution in [-0.2, 0) is 28.7 Å². The van der Waals surface area contributed by atoms with Gasteiger partial charge in [-0.25, -0.2) is 14.5 Å². The molecule has 0 unspecified atom stereocenters. The summed E-state index contributed by atoms with van der Waals surface area (Å²) in [4.78, 5) is 51.6. The fourth-order valence-electron chi connectivity index (χ4n) is 4.40. The number of alkyl halides is 3. The molecule has 13 heteroatoms. The normalized spacial score (nSPS) is 13.7. The Morgan fingerprint density at radius 2 is 1.92 bits per heavy atom. The van der Waals surface area contributed by atoms with E-state index in [9.17, 15) is 37.5 Å². The average Bonchev–Trinajstić information content (AvgIpc) is 3.57. The van der Waals surface area contributed by atoms with Crippen LogP contribution in [0.15, 0.2) is 45.5 Å². The Morgan fingerprint density at radius 3 is 2.61 bits per heavy atom. The van der Waals surface area contributed by atoms with Gasteiger partial charge in [0.25, 0.3) is 5.91 Å². The standard InChI is InChI=1S/C25H17F3N2O7S/c1-2-36-24(35)18-6-4-14(37-18)9-29-17-5-3-13(25(26,27)28)8-15(17)20(21(29)23(33)34)30-19(31)7-12-10-38-11-16(12)22(30)32/h3-6,8,10-11H,2,7,9H2,1H3,(H,33,34). The smallest absolute Gasteiger partial charge is 0.416 e. The maximum Gasteiger partial charge on any atom is 0.416 e. The van der Waals surface area contributed by atoms with Crippen molar-refractivity contribution in [2.24, 2.45) is 0 Å². The average molecular weight is 546 g/mol. The molecule has 2 amide bonds. The molecule has 0 aliphatic carbocycles. The van der Waals surface area contributed by atoms with E-state index in [0.29, 0.717) is 16.5 Å². The van der Waals surface area contributed by atoms with E-state index in [1.807, 2.05) is 0 Å². The summed E-state index contributed by atoms with van der Waals surface area (Å²) < 4.78 is 52.4. The number of amides is 2. The number of carbonyl (C=O) groups excluding carboxylic acids is 3. The maximum absolute atomic E-state index is 13.6. The Kier molecular flexibility index (Phi) is 6.10. The molecule has 5 rings (SSSR count). The number of nitrogens with zero attached hydrogens (tertiary/aromatic N) is 2. The molecular formula is C25H17F3N2O7S. The van der Waals surface area contributed by atoms with Gasteiger partial charge >= 0.3 is 18.1 Å². The van der Waals surface area contributed by atoms with Crippen LogP contribution in [0, 0.1) is 0 Å². The first-order valence-corrected chi connectivity index (χ1v) is 12.1. The van der Waals surface area contributed by atoms with Gasteiger partial charge in [-0.05, 0) is 48.2 Å². The van der Waals surface area contributed by atoms with Crippen LogP contribution in [0.3, 0.4) is 0 Å². The van der Waals surface area contributed by atoms with Gasteiger partial charge in [0.05, 0.1) is 41.9 Å². The quantitative estimate of drug-likeness (QED) is 0.268. The maximum atomic E-state index is 13.6. The number of aromatic nitrogens is 1. The lowest BCUT2D eigenvalue weighted by molar-refractivity contribution is -0.137. The Morgan fingerprint density at radius 1 is 1.16 bits per heavy atom. The third kappa shape index (κ3) is 4.14. The Bertz CT molecular complexity index is 1630. The van der Waals surface area contributed by atoms with Crippen molar-refractivity contribution in [3.8, 4) is 0 Å². The van der Waals surface area contributed by atoms with Crippen molar-refractivity contribution in [1.82, 2.24) is 4.57 Å². The van der Waals surface area contributed by atoms with Gasteiger partial charge in [0.15, 0.2) is 5.69 Å². The minimum Gasteiger partial charge on any atom is -0.477 e. The van der Waals surface area contributed by atoms with Gasteiger partial charge in [0, 0.05) is 10.8 Å². The van der Waals surface area contributed by atoms with E-state index >= 15 is 0 Å². The molecule has 0 atom stereocenters. The summed E-state index contributed by atoms with van der Waals surface area (Å²) in [7, 11) is 0. The second kappa shape index (κ2) is 9.17. The third-order valence-corrected chi connectivity index (χ3v) is 6.80. The molecule has 0 saturated carbocycles. The lowest BCUT2D eigenvalue weighted by Gasteiger charge is -2.25. The summed E-state index contributed by atoms with van der Waals surface area (Å²) in [6.07, 6.45) is -5.00. The highest BCUT2D eigenvalue weighted by atomic mass is 32.1. The number of halogens is 3. The number of anilines is 1. The number of aromatic carboxylic acids is 1. The highest BCUT2D eigenvalue weighted by Gasteiger charge is 2.40. The number of furan rings is 1. The number of hydrogen-bond acceptors (Lipinski definition) is 7. The number of ether oxygens (including phenoxy) is 1. The molecule has 4 heterocycles.